The van der Waals surface area contributed by atoms with Gasteiger partial charge in [0.2, 0.25) is 0 Å². The number of fused-ring (bicyclic) bond motifs is 2. The van der Waals surface area contributed by atoms with E-state index in [0.717, 1.165) is 11.1 Å². The predicted molar refractivity (Wildman–Crippen MR) is 97.3 cm³/mol. The van der Waals surface area contributed by atoms with Crippen molar-refractivity contribution in [3.8, 4) is 0 Å². The van der Waals surface area contributed by atoms with Gasteiger partial charge in [-0.05, 0) is 16.4 Å². The molecule has 2 aliphatic rings. The van der Waals surface area contributed by atoms with Gasteiger partial charge in [-0.3, -0.25) is 9.59 Å². The highest BCUT2D eigenvalue weighted by molar-refractivity contribution is 6.35. The second kappa shape index (κ2) is 5.02. The highest BCUT2D eigenvalue weighted by Crippen LogP contribution is 2.58. The Morgan fingerprint density at radius 2 is 1.50 bits per heavy atom. The lowest BCUT2D eigenvalue weighted by Gasteiger charge is -2.40. The summed E-state index contributed by atoms with van der Waals surface area (Å²) >= 11 is 0. The molecule has 2 nitrogen and oxygen atoms in total. The molecule has 2 atom stereocenters. The fraction of sp³-hybridized carbons (Fsp3) is 0.455. The van der Waals surface area contributed by atoms with Crippen molar-refractivity contribution in [1.29, 1.82) is 0 Å². The Morgan fingerprint density at radius 1 is 0.917 bits per heavy atom. The van der Waals surface area contributed by atoms with Crippen molar-refractivity contribution < 1.29 is 9.59 Å². The summed E-state index contributed by atoms with van der Waals surface area (Å²) in [5, 5.41) is 0. The summed E-state index contributed by atoms with van der Waals surface area (Å²) in [5.41, 5.74) is 1.00. The van der Waals surface area contributed by atoms with E-state index < -0.39 is 10.8 Å². The quantitative estimate of drug-likeness (QED) is 0.547. The lowest BCUT2D eigenvalue weighted by atomic mass is 9.58. The summed E-state index contributed by atoms with van der Waals surface area (Å²) in [6.45, 7) is 12.3. The molecular formula is C22H26O2. The van der Waals surface area contributed by atoms with Crippen molar-refractivity contribution in [2.45, 2.75) is 41.5 Å². The van der Waals surface area contributed by atoms with Crippen LogP contribution in [0, 0.1) is 22.2 Å². The molecule has 2 aliphatic carbocycles. The van der Waals surface area contributed by atoms with Crippen molar-refractivity contribution in [2.75, 3.05) is 0 Å². The first-order chi connectivity index (χ1) is 11.0. The zero-order chi connectivity index (χ0) is 17.9. The van der Waals surface area contributed by atoms with E-state index in [4.69, 9.17) is 0 Å². The maximum absolute atomic E-state index is 13.5. The van der Waals surface area contributed by atoms with Crippen LogP contribution in [0.25, 0.3) is 5.57 Å². The number of allylic oxidation sites excluding steroid dienone is 4. The highest BCUT2D eigenvalue weighted by Gasteiger charge is 2.62. The molecule has 1 aromatic carbocycles. The van der Waals surface area contributed by atoms with E-state index in [2.05, 4.69) is 20.8 Å². The molecule has 2 heteroatoms. The second-order valence-electron chi connectivity index (χ2n) is 9.03. The van der Waals surface area contributed by atoms with Crippen molar-refractivity contribution in [2.24, 2.45) is 22.2 Å². The van der Waals surface area contributed by atoms with Crippen LogP contribution in [-0.4, -0.2) is 11.6 Å². The Labute approximate surface area is 144 Å². The molecule has 0 radical (unpaired) electrons. The Morgan fingerprint density at radius 3 is 2.00 bits per heavy atom. The molecule has 0 fully saturated rings. The minimum absolute atomic E-state index is 0.0459. The predicted octanol–water partition coefficient (Wildman–Crippen LogP) is 4.86. The summed E-state index contributed by atoms with van der Waals surface area (Å²) < 4.78 is 0. The van der Waals surface area contributed by atoms with Crippen LogP contribution in [0.15, 0.2) is 48.1 Å². The van der Waals surface area contributed by atoms with E-state index in [-0.39, 0.29) is 22.9 Å². The maximum Gasteiger partial charge on any atom is 0.181 e. The van der Waals surface area contributed by atoms with Crippen molar-refractivity contribution in [1.82, 2.24) is 0 Å². The van der Waals surface area contributed by atoms with Crippen LogP contribution < -0.4 is 0 Å². The molecule has 0 amide bonds. The molecule has 24 heavy (non-hydrogen) atoms. The first kappa shape index (κ1) is 16.9. The van der Waals surface area contributed by atoms with Crippen LogP contribution >= 0.6 is 0 Å². The third-order valence-corrected chi connectivity index (χ3v) is 5.45. The van der Waals surface area contributed by atoms with Gasteiger partial charge in [-0.15, -0.1) is 0 Å². The van der Waals surface area contributed by atoms with Gasteiger partial charge < -0.3 is 0 Å². The second-order valence-corrected chi connectivity index (χ2v) is 9.03. The van der Waals surface area contributed by atoms with Crippen LogP contribution in [0.1, 0.15) is 47.1 Å². The molecule has 0 N–H and O–H groups in total. The molecule has 1 aromatic rings. The monoisotopic (exact) mass is 322 g/mol. The molecule has 0 aliphatic heterocycles. The Hall–Kier alpha value is -1.96. The Kier molecular flexibility index (Phi) is 3.53. The molecule has 0 saturated carbocycles. The number of rotatable bonds is 1. The summed E-state index contributed by atoms with van der Waals surface area (Å²) in [6.07, 6.45) is 3.89. The summed E-state index contributed by atoms with van der Waals surface area (Å²) in [6, 6.07) is 9.71. The normalized spacial score (nSPS) is 27.2. The van der Waals surface area contributed by atoms with Gasteiger partial charge in [0.25, 0.3) is 0 Å². The van der Waals surface area contributed by atoms with Crippen molar-refractivity contribution in [3.63, 3.8) is 0 Å². The lowest BCUT2D eigenvalue weighted by molar-refractivity contribution is -0.141. The number of carbonyl (C=O) groups is 2. The molecule has 0 aromatic heterocycles. The highest BCUT2D eigenvalue weighted by atomic mass is 16.2. The molecule has 2 unspecified atom stereocenters. The lowest BCUT2D eigenvalue weighted by Crippen LogP contribution is -2.49. The van der Waals surface area contributed by atoms with Gasteiger partial charge >= 0.3 is 0 Å². The number of hydrogen-bond acceptors (Lipinski definition) is 2. The first-order valence-electron chi connectivity index (χ1n) is 8.60. The summed E-state index contributed by atoms with van der Waals surface area (Å²) in [5.74, 6) is -0.302. The average Bonchev–Trinajstić information content (AvgIpc) is 2.69. The summed E-state index contributed by atoms with van der Waals surface area (Å²) in [7, 11) is 0. The zero-order valence-corrected chi connectivity index (χ0v) is 15.4. The third-order valence-electron chi connectivity index (χ3n) is 5.45. The third kappa shape index (κ3) is 2.16. The molecule has 0 spiro atoms. The Bertz CT molecular complexity index is 766. The van der Waals surface area contributed by atoms with E-state index in [1.54, 1.807) is 0 Å². The molecule has 126 valence electrons. The standard InChI is InChI=1S/C22H26O2/c1-20(2,3)17-13-22(21(4,5)6)18(23)15(12-16(17)19(22)24)14-10-8-7-9-11-14/h7-13,16H,1-6H3. The molecule has 0 heterocycles. The van der Waals surface area contributed by atoms with Crippen LogP contribution in [0.3, 0.4) is 0 Å². The number of Topliss-reactive ketones (excluding diaryl/α,β-unsaturated/α-hetero) is 2. The Balaban J connectivity index is 2.28. The van der Waals surface area contributed by atoms with E-state index in [9.17, 15) is 9.59 Å². The van der Waals surface area contributed by atoms with Gasteiger partial charge in [0.1, 0.15) is 5.41 Å². The van der Waals surface area contributed by atoms with Gasteiger partial charge in [0.05, 0.1) is 5.92 Å². The minimum atomic E-state index is -1.06. The van der Waals surface area contributed by atoms with E-state index >= 15 is 0 Å². The fourth-order valence-electron chi connectivity index (χ4n) is 4.03. The van der Waals surface area contributed by atoms with Crippen LogP contribution in [0.2, 0.25) is 0 Å². The van der Waals surface area contributed by atoms with Gasteiger partial charge in [0, 0.05) is 5.57 Å². The zero-order valence-electron chi connectivity index (χ0n) is 15.4. The molecule has 3 rings (SSSR count). The number of hydrogen-bond donors (Lipinski definition) is 0. The largest absolute Gasteiger partial charge is 0.297 e. The fourth-order valence-corrected chi connectivity index (χ4v) is 4.03. The van der Waals surface area contributed by atoms with Crippen LogP contribution in [-0.2, 0) is 9.59 Å². The average molecular weight is 322 g/mol. The van der Waals surface area contributed by atoms with E-state index in [1.165, 1.54) is 0 Å². The van der Waals surface area contributed by atoms with Crippen molar-refractivity contribution in [3.05, 3.63) is 53.6 Å². The van der Waals surface area contributed by atoms with Crippen molar-refractivity contribution >= 4 is 17.1 Å². The maximum atomic E-state index is 13.5. The van der Waals surface area contributed by atoms with Crippen LogP contribution in [0.5, 0.6) is 0 Å². The number of ketones is 2. The van der Waals surface area contributed by atoms with Crippen LogP contribution in [0.4, 0.5) is 0 Å². The molecular weight excluding hydrogens is 296 g/mol. The summed E-state index contributed by atoms with van der Waals surface area (Å²) in [4.78, 5) is 26.8. The van der Waals surface area contributed by atoms with Gasteiger partial charge in [-0.25, -0.2) is 0 Å². The van der Waals surface area contributed by atoms with E-state index in [0.29, 0.717) is 5.57 Å². The smallest absolute Gasteiger partial charge is 0.181 e. The number of benzene rings is 1. The van der Waals surface area contributed by atoms with Gasteiger partial charge in [-0.2, -0.15) is 0 Å². The van der Waals surface area contributed by atoms with E-state index in [1.807, 2.05) is 63.3 Å². The SMILES string of the molecule is CC(C)(C)C1=CC2(C(C)(C)C)C(=O)C(c3ccccc3)=CC1C2=O. The molecule has 0 saturated heterocycles. The van der Waals surface area contributed by atoms with Gasteiger partial charge in [-0.1, -0.05) is 89.6 Å². The first-order valence-corrected chi connectivity index (χ1v) is 8.60. The minimum Gasteiger partial charge on any atom is -0.297 e. The molecule has 2 bridgehead atoms. The van der Waals surface area contributed by atoms with Gasteiger partial charge in [0.15, 0.2) is 11.6 Å². The number of carbonyl (C=O) groups excluding carboxylic acids is 2. The topological polar surface area (TPSA) is 34.1 Å².